The number of nitrogens with one attached hydrogen (secondary N) is 1. The van der Waals surface area contributed by atoms with Crippen molar-refractivity contribution >= 4 is 5.91 Å². The summed E-state index contributed by atoms with van der Waals surface area (Å²) in [6.45, 7) is 1.28. The van der Waals surface area contributed by atoms with Crippen molar-refractivity contribution in [3.8, 4) is 5.75 Å². The Hall–Kier alpha value is -1.55. The highest BCUT2D eigenvalue weighted by molar-refractivity contribution is 5.82. The maximum atomic E-state index is 11.7. The zero-order valence-corrected chi connectivity index (χ0v) is 11.1. The van der Waals surface area contributed by atoms with Gasteiger partial charge >= 0.3 is 0 Å². The standard InChI is InChI=1S/C15H19NO3/c1-18-12-5-3-11(4-6-12)15(7-2-8-15)10-16-14(17)13-9-19-13/h3-6,13H,2,7-10H2,1H3,(H,16,17). The van der Waals surface area contributed by atoms with Crippen LogP contribution in [0.25, 0.3) is 0 Å². The maximum absolute atomic E-state index is 11.7. The minimum atomic E-state index is -0.201. The average Bonchev–Trinajstić information content (AvgIpc) is 3.22. The number of carbonyl (C=O) groups is 1. The first kappa shape index (κ1) is 12.5. The highest BCUT2D eigenvalue weighted by Gasteiger charge is 2.40. The molecule has 2 fully saturated rings. The molecule has 1 aromatic carbocycles. The Morgan fingerprint density at radius 3 is 2.58 bits per heavy atom. The summed E-state index contributed by atoms with van der Waals surface area (Å²) in [5, 5.41) is 3.02. The minimum absolute atomic E-state index is 0.0276. The third-order valence-corrected chi connectivity index (χ3v) is 4.24. The van der Waals surface area contributed by atoms with Crippen LogP contribution in [0.2, 0.25) is 0 Å². The van der Waals surface area contributed by atoms with Crippen LogP contribution in [0, 0.1) is 0 Å². The lowest BCUT2D eigenvalue weighted by Crippen LogP contribution is -2.46. The number of rotatable bonds is 5. The van der Waals surface area contributed by atoms with Gasteiger partial charge in [-0.3, -0.25) is 4.79 Å². The van der Waals surface area contributed by atoms with Crippen LogP contribution in [0.4, 0.5) is 0 Å². The third-order valence-electron chi connectivity index (χ3n) is 4.24. The molecule has 1 N–H and O–H groups in total. The van der Waals surface area contributed by atoms with Crippen molar-refractivity contribution in [1.82, 2.24) is 5.32 Å². The molecule has 1 heterocycles. The van der Waals surface area contributed by atoms with Gasteiger partial charge in [-0.2, -0.15) is 0 Å². The number of hydrogen-bond donors (Lipinski definition) is 1. The van der Waals surface area contributed by atoms with E-state index in [-0.39, 0.29) is 17.4 Å². The van der Waals surface area contributed by atoms with Crippen LogP contribution >= 0.6 is 0 Å². The van der Waals surface area contributed by atoms with Crippen molar-refractivity contribution in [3.63, 3.8) is 0 Å². The summed E-state index contributed by atoms with van der Waals surface area (Å²) in [6.07, 6.45) is 3.28. The number of carbonyl (C=O) groups excluding carboxylic acids is 1. The molecule has 1 amide bonds. The Bertz CT molecular complexity index is 461. The molecule has 3 rings (SSSR count). The Morgan fingerprint density at radius 2 is 2.11 bits per heavy atom. The van der Waals surface area contributed by atoms with Gasteiger partial charge in [-0.1, -0.05) is 18.6 Å². The van der Waals surface area contributed by atoms with Crippen LogP contribution in [-0.4, -0.2) is 32.3 Å². The fourth-order valence-corrected chi connectivity index (χ4v) is 2.69. The average molecular weight is 261 g/mol. The van der Waals surface area contributed by atoms with Crippen molar-refractivity contribution in [1.29, 1.82) is 0 Å². The molecule has 2 aliphatic rings. The molecule has 1 saturated heterocycles. The van der Waals surface area contributed by atoms with E-state index in [1.807, 2.05) is 12.1 Å². The van der Waals surface area contributed by atoms with Gasteiger partial charge in [0.25, 0.3) is 5.91 Å². The highest BCUT2D eigenvalue weighted by atomic mass is 16.6. The Kier molecular flexibility index (Phi) is 3.19. The lowest BCUT2D eigenvalue weighted by Gasteiger charge is -2.42. The Morgan fingerprint density at radius 1 is 1.42 bits per heavy atom. The van der Waals surface area contributed by atoms with Crippen molar-refractivity contribution in [2.24, 2.45) is 0 Å². The van der Waals surface area contributed by atoms with Crippen LogP contribution < -0.4 is 10.1 Å². The number of methoxy groups -OCH3 is 1. The van der Waals surface area contributed by atoms with Crippen molar-refractivity contribution in [2.45, 2.75) is 30.8 Å². The third kappa shape index (κ3) is 2.45. The van der Waals surface area contributed by atoms with Crippen LogP contribution in [0.3, 0.4) is 0 Å². The van der Waals surface area contributed by atoms with Crippen molar-refractivity contribution < 1.29 is 14.3 Å². The van der Waals surface area contributed by atoms with E-state index in [1.165, 1.54) is 12.0 Å². The van der Waals surface area contributed by atoms with Crippen LogP contribution in [0.15, 0.2) is 24.3 Å². The smallest absolute Gasteiger partial charge is 0.251 e. The van der Waals surface area contributed by atoms with Crippen LogP contribution in [-0.2, 0) is 14.9 Å². The molecule has 1 atom stereocenters. The van der Waals surface area contributed by atoms with Gasteiger partial charge < -0.3 is 14.8 Å². The van der Waals surface area contributed by atoms with Gasteiger partial charge in [0.05, 0.1) is 13.7 Å². The minimum Gasteiger partial charge on any atom is -0.497 e. The van der Waals surface area contributed by atoms with E-state index in [9.17, 15) is 4.79 Å². The molecule has 0 aromatic heterocycles. The van der Waals surface area contributed by atoms with E-state index < -0.39 is 0 Å². The zero-order valence-electron chi connectivity index (χ0n) is 11.1. The molecule has 1 aromatic rings. The summed E-state index contributed by atoms with van der Waals surface area (Å²) in [6, 6.07) is 8.19. The summed E-state index contributed by atoms with van der Waals surface area (Å²) in [4.78, 5) is 11.7. The fourth-order valence-electron chi connectivity index (χ4n) is 2.69. The van der Waals surface area contributed by atoms with E-state index in [2.05, 4.69) is 17.4 Å². The zero-order chi connectivity index (χ0) is 13.3. The lowest BCUT2D eigenvalue weighted by atomic mass is 9.64. The molecule has 102 valence electrons. The monoisotopic (exact) mass is 261 g/mol. The number of ether oxygens (including phenoxy) is 2. The van der Waals surface area contributed by atoms with E-state index in [4.69, 9.17) is 9.47 Å². The Labute approximate surface area is 113 Å². The summed E-state index contributed by atoms with van der Waals surface area (Å²) in [5.74, 6) is 0.897. The van der Waals surface area contributed by atoms with E-state index >= 15 is 0 Å². The highest BCUT2D eigenvalue weighted by Crippen LogP contribution is 2.43. The molecule has 1 unspecified atom stereocenters. The van der Waals surface area contributed by atoms with E-state index in [0.717, 1.165) is 18.6 Å². The predicted molar refractivity (Wildman–Crippen MR) is 71.3 cm³/mol. The first-order valence-electron chi connectivity index (χ1n) is 6.77. The summed E-state index contributed by atoms with van der Waals surface area (Å²) in [5.41, 5.74) is 1.40. The van der Waals surface area contributed by atoms with Crippen LogP contribution in [0.5, 0.6) is 5.75 Å². The first-order chi connectivity index (χ1) is 9.23. The predicted octanol–water partition coefficient (Wildman–Crippen LogP) is 1.63. The lowest BCUT2D eigenvalue weighted by molar-refractivity contribution is -0.122. The number of benzene rings is 1. The number of epoxide rings is 1. The molecule has 4 heteroatoms. The molecule has 0 radical (unpaired) electrons. The normalized spacial score (nSPS) is 23.3. The Balaban J connectivity index is 1.68. The quantitative estimate of drug-likeness (QED) is 0.820. The fraction of sp³-hybridized carbons (Fsp3) is 0.533. The van der Waals surface area contributed by atoms with E-state index in [1.54, 1.807) is 7.11 Å². The molecular formula is C15H19NO3. The molecule has 0 spiro atoms. The van der Waals surface area contributed by atoms with Gasteiger partial charge in [-0.05, 0) is 30.5 Å². The molecule has 1 aliphatic carbocycles. The molecule has 19 heavy (non-hydrogen) atoms. The second-order valence-corrected chi connectivity index (χ2v) is 5.40. The maximum Gasteiger partial charge on any atom is 0.251 e. The molecule has 4 nitrogen and oxygen atoms in total. The molecule has 1 aliphatic heterocycles. The summed E-state index contributed by atoms with van der Waals surface area (Å²) < 4.78 is 10.2. The largest absolute Gasteiger partial charge is 0.497 e. The van der Waals surface area contributed by atoms with Crippen molar-refractivity contribution in [3.05, 3.63) is 29.8 Å². The molecular weight excluding hydrogens is 242 g/mol. The van der Waals surface area contributed by atoms with Crippen LogP contribution in [0.1, 0.15) is 24.8 Å². The molecule has 1 saturated carbocycles. The second-order valence-electron chi connectivity index (χ2n) is 5.40. The van der Waals surface area contributed by atoms with E-state index in [0.29, 0.717) is 13.2 Å². The number of amides is 1. The number of hydrogen-bond acceptors (Lipinski definition) is 3. The molecule has 0 bridgehead atoms. The summed E-state index contributed by atoms with van der Waals surface area (Å²) >= 11 is 0. The SMILES string of the molecule is COc1ccc(C2(CNC(=O)C3CO3)CCC2)cc1. The van der Waals surface area contributed by atoms with Crippen molar-refractivity contribution in [2.75, 3.05) is 20.3 Å². The summed E-state index contributed by atoms with van der Waals surface area (Å²) in [7, 11) is 1.67. The first-order valence-corrected chi connectivity index (χ1v) is 6.77. The van der Waals surface area contributed by atoms with Gasteiger partial charge in [0.2, 0.25) is 0 Å². The topological polar surface area (TPSA) is 50.9 Å². The second kappa shape index (κ2) is 4.85. The van der Waals surface area contributed by atoms with Gasteiger partial charge in [0.15, 0.2) is 6.10 Å². The van der Waals surface area contributed by atoms with Gasteiger partial charge in [0, 0.05) is 12.0 Å². The van der Waals surface area contributed by atoms with Gasteiger partial charge in [0.1, 0.15) is 5.75 Å². The van der Waals surface area contributed by atoms with Gasteiger partial charge in [-0.25, -0.2) is 0 Å². The van der Waals surface area contributed by atoms with Gasteiger partial charge in [-0.15, -0.1) is 0 Å².